The average Bonchev–Trinajstić information content (AvgIpc) is 2.84. The SMILES string of the molecule is COc1cc(Cl)c(C(Br)c2cccs2)cc1Cl. The molecule has 0 fully saturated rings. The van der Waals surface area contributed by atoms with Gasteiger partial charge in [0.2, 0.25) is 0 Å². The Kier molecular flexibility index (Phi) is 4.36. The Morgan fingerprint density at radius 1 is 1.29 bits per heavy atom. The number of halogens is 3. The van der Waals surface area contributed by atoms with Crippen LogP contribution in [0.4, 0.5) is 0 Å². The lowest BCUT2D eigenvalue weighted by Gasteiger charge is -2.13. The maximum atomic E-state index is 6.23. The van der Waals surface area contributed by atoms with Crippen molar-refractivity contribution in [3.8, 4) is 5.75 Å². The first kappa shape index (κ1) is 13.2. The van der Waals surface area contributed by atoms with E-state index in [0.717, 1.165) is 5.56 Å². The summed E-state index contributed by atoms with van der Waals surface area (Å²) in [4.78, 5) is 1.24. The highest BCUT2D eigenvalue weighted by Crippen LogP contribution is 2.41. The third kappa shape index (κ3) is 2.79. The van der Waals surface area contributed by atoms with Crippen LogP contribution in [0.25, 0.3) is 0 Å². The van der Waals surface area contributed by atoms with Crippen molar-refractivity contribution in [2.24, 2.45) is 0 Å². The van der Waals surface area contributed by atoms with Crippen LogP contribution in [-0.4, -0.2) is 7.11 Å². The van der Waals surface area contributed by atoms with Gasteiger partial charge in [-0.15, -0.1) is 11.3 Å². The van der Waals surface area contributed by atoms with E-state index in [2.05, 4.69) is 22.0 Å². The van der Waals surface area contributed by atoms with Crippen molar-refractivity contribution in [3.63, 3.8) is 0 Å². The lowest BCUT2D eigenvalue weighted by Crippen LogP contribution is -1.93. The zero-order valence-corrected chi connectivity index (χ0v) is 12.8. The highest BCUT2D eigenvalue weighted by molar-refractivity contribution is 9.09. The van der Waals surface area contributed by atoms with Crippen LogP contribution in [-0.2, 0) is 0 Å². The first-order valence-corrected chi connectivity index (χ1v) is 7.39. The van der Waals surface area contributed by atoms with E-state index in [-0.39, 0.29) is 4.83 Å². The van der Waals surface area contributed by atoms with Crippen LogP contribution < -0.4 is 4.74 Å². The normalized spacial score (nSPS) is 12.5. The lowest BCUT2D eigenvalue weighted by atomic mass is 10.1. The van der Waals surface area contributed by atoms with Gasteiger partial charge in [-0.3, -0.25) is 0 Å². The fourth-order valence-electron chi connectivity index (χ4n) is 1.48. The molecule has 2 aromatic rings. The predicted octanol–water partition coefficient (Wildman–Crippen LogP) is 5.55. The van der Waals surface area contributed by atoms with E-state index in [9.17, 15) is 0 Å². The van der Waals surface area contributed by atoms with Crippen molar-refractivity contribution < 1.29 is 4.74 Å². The quantitative estimate of drug-likeness (QED) is 0.659. The van der Waals surface area contributed by atoms with Gasteiger partial charge in [0.25, 0.3) is 0 Å². The highest BCUT2D eigenvalue weighted by atomic mass is 79.9. The number of benzene rings is 1. The maximum Gasteiger partial charge on any atom is 0.138 e. The molecule has 0 saturated heterocycles. The van der Waals surface area contributed by atoms with Crippen molar-refractivity contribution in [3.05, 3.63) is 50.1 Å². The molecule has 0 amide bonds. The Bertz CT molecular complexity index is 513. The second-order valence-electron chi connectivity index (χ2n) is 3.39. The summed E-state index contributed by atoms with van der Waals surface area (Å²) in [6.45, 7) is 0. The summed E-state index contributed by atoms with van der Waals surface area (Å²) in [5.74, 6) is 0.589. The summed E-state index contributed by atoms with van der Waals surface area (Å²) in [6, 6.07) is 7.63. The van der Waals surface area contributed by atoms with Gasteiger partial charge in [-0.1, -0.05) is 45.2 Å². The van der Waals surface area contributed by atoms with E-state index < -0.39 is 0 Å². The standard InChI is InChI=1S/C12H9BrCl2OS/c1-16-10-6-8(14)7(5-9(10)15)12(13)11-3-2-4-17-11/h2-6,12H,1H3. The summed E-state index contributed by atoms with van der Waals surface area (Å²) in [5.41, 5.74) is 0.944. The van der Waals surface area contributed by atoms with E-state index in [1.165, 1.54) is 4.88 Å². The molecule has 0 saturated carbocycles. The fraction of sp³-hybridized carbons (Fsp3) is 0.167. The Balaban J connectivity index is 2.42. The van der Waals surface area contributed by atoms with Gasteiger partial charge >= 0.3 is 0 Å². The van der Waals surface area contributed by atoms with Crippen molar-refractivity contribution in [1.82, 2.24) is 0 Å². The van der Waals surface area contributed by atoms with Crippen molar-refractivity contribution in [2.45, 2.75) is 4.83 Å². The molecule has 1 heterocycles. The molecule has 2 rings (SSSR count). The monoisotopic (exact) mass is 350 g/mol. The van der Waals surface area contributed by atoms with Gasteiger partial charge in [-0.05, 0) is 23.1 Å². The largest absolute Gasteiger partial charge is 0.495 e. The first-order chi connectivity index (χ1) is 8.13. The van der Waals surface area contributed by atoms with Crippen molar-refractivity contribution >= 4 is 50.5 Å². The highest BCUT2D eigenvalue weighted by Gasteiger charge is 2.17. The molecule has 0 aliphatic rings. The van der Waals surface area contributed by atoms with E-state index >= 15 is 0 Å². The van der Waals surface area contributed by atoms with E-state index in [1.54, 1.807) is 24.5 Å². The van der Waals surface area contributed by atoms with E-state index in [0.29, 0.717) is 15.8 Å². The lowest BCUT2D eigenvalue weighted by molar-refractivity contribution is 0.415. The summed E-state index contributed by atoms with van der Waals surface area (Å²) in [6.07, 6.45) is 0. The minimum atomic E-state index is 0.0541. The molecule has 0 aliphatic carbocycles. The molecule has 0 spiro atoms. The van der Waals surface area contributed by atoms with Gasteiger partial charge in [0, 0.05) is 16.0 Å². The molecule has 1 unspecified atom stereocenters. The second kappa shape index (κ2) is 5.61. The Morgan fingerprint density at radius 2 is 2.06 bits per heavy atom. The van der Waals surface area contributed by atoms with Gasteiger partial charge in [-0.25, -0.2) is 0 Å². The van der Waals surface area contributed by atoms with Gasteiger partial charge < -0.3 is 4.74 Å². The van der Waals surface area contributed by atoms with Gasteiger partial charge in [0.15, 0.2) is 0 Å². The van der Waals surface area contributed by atoms with Crippen LogP contribution in [0.2, 0.25) is 10.0 Å². The molecular formula is C12H9BrCl2OS. The van der Waals surface area contributed by atoms with Crippen LogP contribution >= 0.6 is 50.5 Å². The number of hydrogen-bond acceptors (Lipinski definition) is 2. The van der Waals surface area contributed by atoms with Crippen molar-refractivity contribution in [2.75, 3.05) is 7.11 Å². The number of ether oxygens (including phenoxy) is 1. The predicted molar refractivity (Wildman–Crippen MR) is 78.1 cm³/mol. The summed E-state index contributed by atoms with van der Waals surface area (Å²) >= 11 is 17.6. The van der Waals surface area contributed by atoms with Crippen LogP contribution in [0, 0.1) is 0 Å². The van der Waals surface area contributed by atoms with Crippen LogP contribution in [0.15, 0.2) is 29.6 Å². The zero-order valence-electron chi connectivity index (χ0n) is 8.91. The number of methoxy groups -OCH3 is 1. The second-order valence-corrected chi connectivity index (χ2v) is 6.10. The molecule has 0 radical (unpaired) electrons. The molecule has 1 nitrogen and oxygen atoms in total. The fourth-order valence-corrected chi connectivity index (χ4v) is 3.70. The molecule has 1 atom stereocenters. The Morgan fingerprint density at radius 3 is 2.65 bits per heavy atom. The Labute approximate surface area is 122 Å². The third-order valence-electron chi connectivity index (χ3n) is 2.34. The van der Waals surface area contributed by atoms with Crippen LogP contribution in [0.1, 0.15) is 15.3 Å². The topological polar surface area (TPSA) is 9.23 Å². The molecule has 17 heavy (non-hydrogen) atoms. The number of hydrogen-bond donors (Lipinski definition) is 0. The molecule has 0 bridgehead atoms. The number of rotatable bonds is 3. The molecule has 1 aromatic carbocycles. The minimum Gasteiger partial charge on any atom is -0.495 e. The first-order valence-electron chi connectivity index (χ1n) is 4.84. The number of alkyl halides is 1. The molecule has 5 heteroatoms. The Hall–Kier alpha value is -0.220. The van der Waals surface area contributed by atoms with Gasteiger partial charge in [0.1, 0.15) is 5.75 Å². The summed E-state index contributed by atoms with van der Waals surface area (Å²) in [7, 11) is 1.57. The zero-order chi connectivity index (χ0) is 12.4. The van der Waals surface area contributed by atoms with Crippen molar-refractivity contribution in [1.29, 1.82) is 0 Å². The van der Waals surface area contributed by atoms with Crippen LogP contribution in [0.5, 0.6) is 5.75 Å². The van der Waals surface area contributed by atoms with E-state index in [1.807, 2.05) is 17.5 Å². The minimum absolute atomic E-state index is 0.0541. The van der Waals surface area contributed by atoms with Gasteiger partial charge in [0.05, 0.1) is 17.0 Å². The summed E-state index contributed by atoms with van der Waals surface area (Å²) in [5, 5.41) is 3.23. The van der Waals surface area contributed by atoms with Crippen LogP contribution in [0.3, 0.4) is 0 Å². The third-order valence-corrected chi connectivity index (χ3v) is 5.19. The molecule has 1 aromatic heterocycles. The smallest absolute Gasteiger partial charge is 0.138 e. The summed E-state index contributed by atoms with van der Waals surface area (Å²) < 4.78 is 5.12. The maximum absolute atomic E-state index is 6.23. The molecule has 0 N–H and O–H groups in total. The number of thiophene rings is 1. The molecular weight excluding hydrogens is 343 g/mol. The molecule has 0 aliphatic heterocycles. The van der Waals surface area contributed by atoms with Gasteiger partial charge in [-0.2, -0.15) is 0 Å². The molecule has 90 valence electrons. The van der Waals surface area contributed by atoms with E-state index in [4.69, 9.17) is 27.9 Å². The average molecular weight is 352 g/mol.